The predicted molar refractivity (Wildman–Crippen MR) is 164 cm³/mol. The molecule has 4 aliphatic heterocycles. The molecule has 0 N–H and O–H groups in total. The third-order valence-corrected chi connectivity index (χ3v) is 8.78. The van der Waals surface area contributed by atoms with Gasteiger partial charge in [0.15, 0.2) is 5.60 Å². The summed E-state index contributed by atoms with van der Waals surface area (Å²) in [5.74, 6) is 0.881. The number of methoxy groups -OCH3 is 1. The summed E-state index contributed by atoms with van der Waals surface area (Å²) in [6.45, 7) is 18.4. The molecule has 238 valence electrons. The predicted octanol–water partition coefficient (Wildman–Crippen LogP) is 5.87. The first-order valence-corrected chi connectivity index (χ1v) is 15.6. The molecule has 1 aromatic rings. The lowest BCUT2D eigenvalue weighted by Gasteiger charge is -2.51. The minimum Gasteiger partial charge on any atom is -0.480 e. The monoisotopic (exact) mass is 598 g/mol. The second-order valence-electron chi connectivity index (χ2n) is 14.9. The zero-order valence-electron chi connectivity index (χ0n) is 27.5. The van der Waals surface area contributed by atoms with E-state index in [9.17, 15) is 9.59 Å². The molecule has 4 aliphatic rings. The summed E-state index contributed by atoms with van der Waals surface area (Å²) < 4.78 is 24.2. The van der Waals surface area contributed by atoms with Crippen molar-refractivity contribution in [2.75, 3.05) is 40.0 Å². The molecule has 43 heavy (non-hydrogen) atoms. The fraction of sp³-hybridized carbons (Fsp3) is 0.697. The number of ether oxygens (including phenoxy) is 4. The summed E-state index contributed by atoms with van der Waals surface area (Å²) in [6, 6.07) is 8.44. The standard InChI is InChI=1S/C33H50N4O6/c1-30(2,3)42-28(38)34-18-15-33(16-19-34)27-25(24-12-10-11-13-26(24)41-33)21-36(37(27)22-40-9)23-14-17-35(32(7,8)20-23)29(39)43-31(4,5)6/h10-13,23H,14-22H2,1-9H3. The Hall–Kier alpha value is -2.98. The van der Waals surface area contributed by atoms with Crippen LogP contribution in [-0.2, 0) is 14.2 Å². The molecule has 2 saturated heterocycles. The van der Waals surface area contributed by atoms with Gasteiger partial charge in [0.2, 0.25) is 0 Å². The van der Waals surface area contributed by atoms with Crippen molar-refractivity contribution in [1.82, 2.24) is 19.8 Å². The van der Waals surface area contributed by atoms with Crippen molar-refractivity contribution in [2.45, 2.75) is 109 Å². The minimum absolute atomic E-state index is 0.181. The van der Waals surface area contributed by atoms with Crippen molar-refractivity contribution in [3.63, 3.8) is 0 Å². The second kappa shape index (κ2) is 11.2. The number of hydrogen-bond acceptors (Lipinski definition) is 8. The molecule has 1 unspecified atom stereocenters. The van der Waals surface area contributed by atoms with Crippen molar-refractivity contribution in [2.24, 2.45) is 0 Å². The molecule has 0 aliphatic carbocycles. The number of likely N-dealkylation sites (tertiary alicyclic amines) is 2. The van der Waals surface area contributed by atoms with Gasteiger partial charge < -0.3 is 28.7 Å². The van der Waals surface area contributed by atoms with Gasteiger partial charge in [0, 0.05) is 68.8 Å². The number of hydrazine groups is 1. The van der Waals surface area contributed by atoms with E-state index in [2.05, 4.69) is 36.0 Å². The Labute approximate surface area is 256 Å². The van der Waals surface area contributed by atoms with Crippen LogP contribution in [0.25, 0.3) is 5.57 Å². The number of amides is 2. The Morgan fingerprint density at radius 3 is 2.19 bits per heavy atom. The fourth-order valence-electron chi connectivity index (χ4n) is 6.98. The molecule has 1 atom stereocenters. The van der Waals surface area contributed by atoms with Crippen LogP contribution in [0, 0.1) is 0 Å². The van der Waals surface area contributed by atoms with E-state index < -0.39 is 22.3 Å². The topological polar surface area (TPSA) is 84.0 Å². The van der Waals surface area contributed by atoms with Crippen molar-refractivity contribution in [3.05, 3.63) is 35.5 Å². The highest BCUT2D eigenvalue weighted by Gasteiger charge is 2.54. The first-order chi connectivity index (χ1) is 20.0. The number of nitrogens with zero attached hydrogens (tertiary/aromatic N) is 4. The molecule has 5 rings (SSSR count). The van der Waals surface area contributed by atoms with Crippen LogP contribution in [0.15, 0.2) is 30.0 Å². The number of hydrogen-bond donors (Lipinski definition) is 0. The van der Waals surface area contributed by atoms with Crippen LogP contribution in [0.2, 0.25) is 0 Å². The smallest absolute Gasteiger partial charge is 0.410 e. The zero-order valence-corrected chi connectivity index (χ0v) is 27.5. The average Bonchev–Trinajstić information content (AvgIpc) is 3.27. The van der Waals surface area contributed by atoms with Crippen molar-refractivity contribution in [3.8, 4) is 5.75 Å². The normalized spacial score (nSPS) is 23.6. The molecule has 1 spiro atoms. The zero-order chi connectivity index (χ0) is 31.4. The molecule has 0 bridgehead atoms. The van der Waals surface area contributed by atoms with Gasteiger partial charge in [-0.15, -0.1) is 0 Å². The number of rotatable bonds is 3. The lowest BCUT2D eigenvalue weighted by molar-refractivity contribution is -0.120. The first-order valence-electron chi connectivity index (χ1n) is 15.6. The number of benzene rings is 1. The third-order valence-electron chi connectivity index (χ3n) is 8.78. The van der Waals surface area contributed by atoms with E-state index in [-0.39, 0.29) is 18.2 Å². The molecule has 2 amide bonds. The van der Waals surface area contributed by atoms with Gasteiger partial charge in [-0.3, -0.25) is 5.01 Å². The van der Waals surface area contributed by atoms with Gasteiger partial charge in [0.25, 0.3) is 0 Å². The molecular formula is C33H50N4O6. The summed E-state index contributed by atoms with van der Waals surface area (Å²) in [6.07, 6.45) is 2.35. The highest BCUT2D eigenvalue weighted by molar-refractivity contribution is 5.79. The van der Waals surface area contributed by atoms with Gasteiger partial charge in [-0.1, -0.05) is 18.2 Å². The number of piperidine rings is 2. The minimum atomic E-state index is -0.595. The largest absolute Gasteiger partial charge is 0.480 e. The summed E-state index contributed by atoms with van der Waals surface area (Å²) >= 11 is 0. The first kappa shape index (κ1) is 31.4. The van der Waals surface area contributed by atoms with Crippen LogP contribution < -0.4 is 4.74 Å². The van der Waals surface area contributed by atoms with Gasteiger partial charge >= 0.3 is 12.2 Å². The van der Waals surface area contributed by atoms with Crippen LogP contribution in [-0.4, -0.2) is 100 Å². The van der Waals surface area contributed by atoms with E-state index >= 15 is 0 Å². The Bertz CT molecular complexity index is 1250. The lowest BCUT2D eigenvalue weighted by Crippen LogP contribution is -2.61. The molecule has 10 nitrogen and oxygen atoms in total. The van der Waals surface area contributed by atoms with E-state index in [1.54, 1.807) is 12.0 Å². The molecule has 10 heteroatoms. The van der Waals surface area contributed by atoms with E-state index in [1.165, 1.54) is 5.57 Å². The van der Waals surface area contributed by atoms with Crippen molar-refractivity contribution < 1.29 is 28.5 Å². The Kier molecular flexibility index (Phi) is 8.18. The van der Waals surface area contributed by atoms with Crippen LogP contribution in [0.3, 0.4) is 0 Å². The summed E-state index contributed by atoms with van der Waals surface area (Å²) in [5, 5.41) is 4.70. The number of carbonyl (C=O) groups excluding carboxylic acids is 2. The fourth-order valence-corrected chi connectivity index (χ4v) is 6.98. The third kappa shape index (κ3) is 6.32. The van der Waals surface area contributed by atoms with E-state index in [4.69, 9.17) is 18.9 Å². The Morgan fingerprint density at radius 1 is 0.953 bits per heavy atom. The van der Waals surface area contributed by atoms with Crippen molar-refractivity contribution >= 4 is 17.8 Å². The van der Waals surface area contributed by atoms with E-state index in [0.717, 1.165) is 36.4 Å². The second-order valence-corrected chi connectivity index (χ2v) is 14.9. The molecule has 2 fully saturated rings. The highest BCUT2D eigenvalue weighted by atomic mass is 16.6. The molecule has 0 saturated carbocycles. The Morgan fingerprint density at radius 2 is 1.58 bits per heavy atom. The van der Waals surface area contributed by atoms with E-state index in [0.29, 0.717) is 39.2 Å². The lowest BCUT2D eigenvalue weighted by atomic mass is 9.82. The number of carbonyl (C=O) groups is 2. The van der Waals surface area contributed by atoms with Gasteiger partial charge in [-0.05, 0) is 74.3 Å². The van der Waals surface area contributed by atoms with Crippen molar-refractivity contribution in [1.29, 1.82) is 0 Å². The SMILES string of the molecule is COCN1C2=C(CN1C1CCN(C(=O)OC(C)(C)C)C(C)(C)C1)c1ccccc1OC21CCN(C(=O)OC(C)(C)C)CC1. The maximum atomic E-state index is 13.1. The molecule has 4 heterocycles. The highest BCUT2D eigenvalue weighted by Crippen LogP contribution is 2.51. The van der Waals surface area contributed by atoms with Gasteiger partial charge in [0.05, 0.1) is 5.70 Å². The maximum Gasteiger partial charge on any atom is 0.410 e. The van der Waals surface area contributed by atoms with E-state index in [1.807, 2.05) is 58.6 Å². The number of para-hydroxylation sites is 1. The summed E-state index contributed by atoms with van der Waals surface area (Å²) in [5.41, 5.74) is 1.40. The maximum absolute atomic E-state index is 13.1. The Balaban J connectivity index is 1.42. The molecule has 1 aromatic carbocycles. The van der Waals surface area contributed by atoms with Gasteiger partial charge in [0.1, 0.15) is 23.7 Å². The number of fused-ring (bicyclic) bond motifs is 3. The summed E-state index contributed by atoms with van der Waals surface area (Å²) in [4.78, 5) is 29.7. The molecule has 0 radical (unpaired) electrons. The quantitative estimate of drug-likeness (QED) is 0.427. The average molecular weight is 599 g/mol. The molecule has 0 aromatic heterocycles. The molecular weight excluding hydrogens is 548 g/mol. The van der Waals surface area contributed by atoms with Crippen LogP contribution >= 0.6 is 0 Å². The van der Waals surface area contributed by atoms with Crippen LogP contribution in [0.5, 0.6) is 5.75 Å². The van der Waals surface area contributed by atoms with Crippen LogP contribution in [0.4, 0.5) is 9.59 Å². The summed E-state index contributed by atoms with van der Waals surface area (Å²) in [7, 11) is 1.72. The van der Waals surface area contributed by atoms with Gasteiger partial charge in [-0.2, -0.15) is 0 Å². The van der Waals surface area contributed by atoms with Gasteiger partial charge in [-0.25, -0.2) is 14.6 Å². The van der Waals surface area contributed by atoms with Crippen LogP contribution in [0.1, 0.15) is 86.6 Å².